The summed E-state index contributed by atoms with van der Waals surface area (Å²) < 4.78 is 5.66. The molecule has 0 aliphatic heterocycles. The minimum Gasteiger partial charge on any atom is -0.439 e. The van der Waals surface area contributed by atoms with E-state index >= 15 is 0 Å². The van der Waals surface area contributed by atoms with Crippen LogP contribution in [0.2, 0.25) is 0 Å². The number of anilines is 2. The van der Waals surface area contributed by atoms with Crippen LogP contribution in [0, 0.1) is 6.92 Å². The number of carbonyl (C=O) groups is 2. The van der Waals surface area contributed by atoms with Crippen molar-refractivity contribution in [3.05, 3.63) is 84.8 Å². The molecule has 1 heterocycles. The fourth-order valence-electron chi connectivity index (χ4n) is 2.51. The monoisotopic (exact) mass is 388 g/mol. The number of ether oxygens (including phenoxy) is 1. The van der Waals surface area contributed by atoms with Gasteiger partial charge in [-0.1, -0.05) is 18.7 Å². The lowest BCUT2D eigenvalue weighted by Crippen LogP contribution is -2.14. The average Bonchev–Trinajstić information content (AvgIpc) is 2.71. The Labute approximate surface area is 168 Å². The molecule has 2 amide bonds. The molecule has 3 rings (SSSR count). The molecule has 3 aromatic rings. The third-order valence-corrected chi connectivity index (χ3v) is 3.88. The van der Waals surface area contributed by atoms with Crippen molar-refractivity contribution in [3.8, 4) is 11.6 Å². The largest absolute Gasteiger partial charge is 0.439 e. The SMILES string of the molecule is C=CC(=O)Nc1ccc(CC(=O)Nc2ccc(Oc3ccnc(C)n3)cc2)cc1. The first-order valence-electron chi connectivity index (χ1n) is 8.91. The van der Waals surface area contributed by atoms with Gasteiger partial charge in [-0.2, -0.15) is 4.98 Å². The number of benzene rings is 2. The van der Waals surface area contributed by atoms with E-state index in [9.17, 15) is 9.59 Å². The molecular formula is C22H20N4O3. The Bertz CT molecular complexity index is 1010. The van der Waals surface area contributed by atoms with Crippen LogP contribution in [0.1, 0.15) is 11.4 Å². The van der Waals surface area contributed by atoms with Gasteiger partial charge in [-0.25, -0.2) is 4.98 Å². The van der Waals surface area contributed by atoms with Gasteiger partial charge < -0.3 is 15.4 Å². The van der Waals surface area contributed by atoms with Gasteiger partial charge in [-0.3, -0.25) is 9.59 Å². The lowest BCUT2D eigenvalue weighted by Gasteiger charge is -2.08. The molecule has 7 heteroatoms. The molecule has 0 radical (unpaired) electrons. The smallest absolute Gasteiger partial charge is 0.247 e. The van der Waals surface area contributed by atoms with E-state index in [1.807, 2.05) is 0 Å². The van der Waals surface area contributed by atoms with Gasteiger partial charge in [0.1, 0.15) is 11.6 Å². The van der Waals surface area contributed by atoms with Crippen molar-refractivity contribution < 1.29 is 14.3 Å². The fourth-order valence-corrected chi connectivity index (χ4v) is 2.51. The maximum absolute atomic E-state index is 12.3. The van der Waals surface area contributed by atoms with Gasteiger partial charge in [0.15, 0.2) is 0 Å². The van der Waals surface area contributed by atoms with Crippen LogP contribution in [0.4, 0.5) is 11.4 Å². The number of carbonyl (C=O) groups excluding carboxylic acids is 2. The fraction of sp³-hybridized carbons (Fsp3) is 0.0909. The molecule has 0 bridgehead atoms. The predicted octanol–water partition coefficient (Wildman–Crippen LogP) is 3.88. The highest BCUT2D eigenvalue weighted by Crippen LogP contribution is 2.21. The number of aryl methyl sites for hydroxylation is 1. The Hall–Kier alpha value is -4.00. The molecule has 2 N–H and O–H groups in total. The first-order chi connectivity index (χ1) is 14.0. The number of nitrogens with one attached hydrogen (secondary N) is 2. The summed E-state index contributed by atoms with van der Waals surface area (Å²) >= 11 is 0. The normalized spacial score (nSPS) is 10.1. The van der Waals surface area contributed by atoms with Crippen LogP contribution in [-0.2, 0) is 16.0 Å². The minimum absolute atomic E-state index is 0.145. The number of hydrogen-bond donors (Lipinski definition) is 2. The number of amides is 2. The Morgan fingerprint density at radius 2 is 1.66 bits per heavy atom. The van der Waals surface area contributed by atoms with Crippen LogP contribution >= 0.6 is 0 Å². The van der Waals surface area contributed by atoms with E-state index in [2.05, 4.69) is 27.2 Å². The summed E-state index contributed by atoms with van der Waals surface area (Å²) in [5.41, 5.74) is 2.14. The lowest BCUT2D eigenvalue weighted by atomic mass is 10.1. The molecule has 2 aromatic carbocycles. The number of aromatic nitrogens is 2. The molecule has 0 spiro atoms. The second kappa shape index (κ2) is 9.27. The number of hydrogen-bond acceptors (Lipinski definition) is 5. The van der Waals surface area contributed by atoms with E-state index in [1.165, 1.54) is 6.08 Å². The summed E-state index contributed by atoms with van der Waals surface area (Å²) in [6.45, 7) is 5.19. The van der Waals surface area contributed by atoms with Crippen molar-refractivity contribution in [3.63, 3.8) is 0 Å². The Kier molecular flexibility index (Phi) is 6.32. The highest BCUT2D eigenvalue weighted by molar-refractivity contribution is 5.99. The zero-order chi connectivity index (χ0) is 20.6. The summed E-state index contributed by atoms with van der Waals surface area (Å²) in [4.78, 5) is 31.7. The van der Waals surface area contributed by atoms with E-state index in [-0.39, 0.29) is 18.2 Å². The summed E-state index contributed by atoms with van der Waals surface area (Å²) in [7, 11) is 0. The number of rotatable bonds is 7. The summed E-state index contributed by atoms with van der Waals surface area (Å²) in [6.07, 6.45) is 3.05. The van der Waals surface area contributed by atoms with E-state index < -0.39 is 0 Å². The van der Waals surface area contributed by atoms with Crippen molar-refractivity contribution in [2.75, 3.05) is 10.6 Å². The molecule has 0 aliphatic carbocycles. The van der Waals surface area contributed by atoms with Crippen LogP contribution in [0.3, 0.4) is 0 Å². The van der Waals surface area contributed by atoms with Crippen LogP contribution in [0.15, 0.2) is 73.4 Å². The lowest BCUT2D eigenvalue weighted by molar-refractivity contribution is -0.115. The van der Waals surface area contributed by atoms with E-state index in [0.29, 0.717) is 28.8 Å². The average molecular weight is 388 g/mol. The van der Waals surface area contributed by atoms with Gasteiger partial charge in [0.25, 0.3) is 0 Å². The van der Waals surface area contributed by atoms with E-state index in [4.69, 9.17) is 4.74 Å². The quantitative estimate of drug-likeness (QED) is 0.599. The second-order valence-electron chi connectivity index (χ2n) is 6.18. The van der Waals surface area contributed by atoms with Gasteiger partial charge in [0, 0.05) is 23.6 Å². The molecule has 29 heavy (non-hydrogen) atoms. The molecule has 0 aliphatic rings. The Morgan fingerprint density at radius 1 is 1.00 bits per heavy atom. The molecule has 0 fully saturated rings. The molecule has 0 atom stereocenters. The molecule has 0 saturated carbocycles. The second-order valence-corrected chi connectivity index (χ2v) is 6.18. The maximum atomic E-state index is 12.3. The predicted molar refractivity (Wildman–Crippen MR) is 111 cm³/mol. The van der Waals surface area contributed by atoms with Gasteiger partial charge >= 0.3 is 0 Å². The molecule has 146 valence electrons. The van der Waals surface area contributed by atoms with Crippen LogP contribution in [-0.4, -0.2) is 21.8 Å². The zero-order valence-corrected chi connectivity index (χ0v) is 15.9. The van der Waals surface area contributed by atoms with Gasteiger partial charge in [0.05, 0.1) is 6.42 Å². The minimum atomic E-state index is -0.280. The third-order valence-electron chi connectivity index (χ3n) is 3.88. The zero-order valence-electron chi connectivity index (χ0n) is 15.9. The van der Waals surface area contributed by atoms with Gasteiger partial charge in [0.2, 0.25) is 17.7 Å². The Balaban J connectivity index is 1.54. The molecule has 7 nitrogen and oxygen atoms in total. The summed E-state index contributed by atoms with van der Waals surface area (Å²) in [6, 6.07) is 15.8. The van der Waals surface area contributed by atoms with Crippen LogP contribution in [0.5, 0.6) is 11.6 Å². The van der Waals surface area contributed by atoms with E-state index in [0.717, 1.165) is 5.56 Å². The third kappa shape index (κ3) is 6.00. The van der Waals surface area contributed by atoms with Gasteiger partial charge in [-0.15, -0.1) is 0 Å². The van der Waals surface area contributed by atoms with Crippen molar-refractivity contribution in [1.82, 2.24) is 9.97 Å². The molecule has 0 unspecified atom stereocenters. The van der Waals surface area contributed by atoms with E-state index in [1.54, 1.807) is 67.7 Å². The van der Waals surface area contributed by atoms with Crippen molar-refractivity contribution in [1.29, 1.82) is 0 Å². The van der Waals surface area contributed by atoms with Crippen molar-refractivity contribution in [2.45, 2.75) is 13.3 Å². The van der Waals surface area contributed by atoms with Crippen molar-refractivity contribution in [2.24, 2.45) is 0 Å². The standard InChI is InChI=1S/C22H20N4O3/c1-3-20(27)25-17-6-4-16(5-7-17)14-21(28)26-18-8-10-19(11-9-18)29-22-12-13-23-15(2)24-22/h3-13H,1,14H2,2H3,(H,25,27)(H,26,28). The molecular weight excluding hydrogens is 368 g/mol. The Morgan fingerprint density at radius 3 is 2.31 bits per heavy atom. The molecule has 1 aromatic heterocycles. The maximum Gasteiger partial charge on any atom is 0.247 e. The van der Waals surface area contributed by atoms with Crippen molar-refractivity contribution >= 4 is 23.2 Å². The highest BCUT2D eigenvalue weighted by atomic mass is 16.5. The summed E-state index contributed by atoms with van der Waals surface area (Å²) in [5, 5.41) is 5.50. The topological polar surface area (TPSA) is 93.2 Å². The molecule has 0 saturated heterocycles. The highest BCUT2D eigenvalue weighted by Gasteiger charge is 2.06. The summed E-state index contributed by atoms with van der Waals surface area (Å²) in [5.74, 6) is 1.27. The first kappa shape index (κ1) is 19.8. The van der Waals surface area contributed by atoms with Gasteiger partial charge in [-0.05, 0) is 55.0 Å². The first-order valence-corrected chi connectivity index (χ1v) is 8.91. The number of nitrogens with zero attached hydrogens (tertiary/aromatic N) is 2. The van der Waals surface area contributed by atoms with Crippen LogP contribution in [0.25, 0.3) is 0 Å². The van der Waals surface area contributed by atoms with Crippen LogP contribution < -0.4 is 15.4 Å².